The number of allylic oxidation sites excluding steroid dienone is 10. The molecule has 0 aromatic heterocycles. The molecule has 0 saturated heterocycles. The van der Waals surface area contributed by atoms with E-state index in [-0.39, 0.29) is 32.0 Å². The molecule has 0 aromatic rings. The fourth-order valence-corrected chi connectivity index (χ4v) is 8.65. The van der Waals surface area contributed by atoms with Crippen LogP contribution in [0.3, 0.4) is 0 Å². The number of phosphoric acid groups is 1. The van der Waals surface area contributed by atoms with Gasteiger partial charge in [-0.05, 0) is 57.8 Å². The maximum atomic E-state index is 12.8. The Balaban J connectivity index is 4.07. The quantitative estimate of drug-likeness (QED) is 0.0195. The van der Waals surface area contributed by atoms with Gasteiger partial charge in [0.05, 0.1) is 27.7 Å². The second-order valence-electron chi connectivity index (χ2n) is 20.3. The van der Waals surface area contributed by atoms with E-state index in [1.807, 2.05) is 21.1 Å². The van der Waals surface area contributed by atoms with Gasteiger partial charge in [-0.15, -0.1) is 0 Å². The first-order chi connectivity index (χ1) is 33.5. The largest absolute Gasteiger partial charge is 0.756 e. The van der Waals surface area contributed by atoms with Crippen molar-refractivity contribution >= 4 is 19.8 Å². The first kappa shape index (κ1) is 66.7. The number of hydrogen-bond acceptors (Lipinski definition) is 8. The van der Waals surface area contributed by atoms with Crippen molar-refractivity contribution in [1.82, 2.24) is 0 Å². The van der Waals surface area contributed by atoms with E-state index in [9.17, 15) is 19.0 Å². The molecule has 0 N–H and O–H groups in total. The number of rotatable bonds is 52. The maximum absolute atomic E-state index is 12.8. The summed E-state index contributed by atoms with van der Waals surface area (Å²) in [4.78, 5) is 37.8. The molecule has 0 radical (unpaired) electrons. The first-order valence-electron chi connectivity index (χ1n) is 28.5. The van der Waals surface area contributed by atoms with Crippen molar-refractivity contribution in [1.29, 1.82) is 0 Å². The Morgan fingerprint density at radius 3 is 1.23 bits per heavy atom. The van der Waals surface area contributed by atoms with Gasteiger partial charge in [-0.1, -0.05) is 242 Å². The molecule has 0 aliphatic carbocycles. The summed E-state index contributed by atoms with van der Waals surface area (Å²) in [5.74, 6) is -0.825. The molecular formula is C59H108NO8P. The molecule has 0 spiro atoms. The molecule has 0 aromatic carbocycles. The predicted octanol–water partition coefficient (Wildman–Crippen LogP) is 16.9. The number of ether oxygens (including phenoxy) is 2. The first-order valence-corrected chi connectivity index (χ1v) is 30.0. The lowest BCUT2D eigenvalue weighted by Gasteiger charge is -2.28. The molecule has 0 aliphatic heterocycles. The molecule has 69 heavy (non-hydrogen) atoms. The van der Waals surface area contributed by atoms with Crippen LogP contribution in [0.1, 0.15) is 251 Å². The average Bonchev–Trinajstić information content (AvgIpc) is 3.31. The van der Waals surface area contributed by atoms with Gasteiger partial charge in [0, 0.05) is 12.8 Å². The van der Waals surface area contributed by atoms with Crippen molar-refractivity contribution < 1.29 is 42.1 Å². The van der Waals surface area contributed by atoms with Gasteiger partial charge < -0.3 is 27.9 Å². The summed E-state index contributed by atoms with van der Waals surface area (Å²) in [5, 5.41) is 0. The number of nitrogens with zero attached hydrogens (tertiary/aromatic N) is 1. The van der Waals surface area contributed by atoms with Gasteiger partial charge in [-0.25, -0.2) is 0 Å². The standard InChI is InChI=1S/C59H108NO8P/c1-6-8-10-12-14-16-18-20-22-23-24-25-26-27-28-29-30-31-32-33-34-35-36-37-38-40-42-44-46-48-50-52-59(62)68-57(56-67-69(63,64)66-54-53-60(3,4)5)55-65-58(61)51-49-47-45-43-41-39-21-19-17-15-13-11-9-7-2/h8,10,14,16,20,22,24-25,27-28,57H,6-7,9,11-13,15,17-19,21,23,26,29-56H2,1-5H3/b10-8-,16-14-,22-20-,25-24-,28-27-. The fraction of sp³-hybridized carbons (Fsp3) is 0.797. The number of likely N-dealkylation sites (N-methyl/N-ethyl adjacent to an activating group) is 1. The Morgan fingerprint density at radius 1 is 0.464 bits per heavy atom. The van der Waals surface area contributed by atoms with E-state index in [1.54, 1.807) is 0 Å². The zero-order chi connectivity index (χ0) is 50.6. The van der Waals surface area contributed by atoms with Gasteiger partial charge in [0.25, 0.3) is 7.82 Å². The fourth-order valence-electron chi connectivity index (χ4n) is 7.92. The highest BCUT2D eigenvalue weighted by Crippen LogP contribution is 2.38. The Kier molecular flexibility index (Phi) is 49.0. The maximum Gasteiger partial charge on any atom is 0.306 e. The van der Waals surface area contributed by atoms with Crippen LogP contribution in [0, 0.1) is 0 Å². The number of quaternary nitrogens is 1. The van der Waals surface area contributed by atoms with E-state index in [1.165, 1.54) is 148 Å². The zero-order valence-corrected chi connectivity index (χ0v) is 46.4. The normalized spacial score (nSPS) is 13.8. The second-order valence-corrected chi connectivity index (χ2v) is 21.7. The minimum Gasteiger partial charge on any atom is -0.756 e. The van der Waals surface area contributed by atoms with Gasteiger partial charge in [0.2, 0.25) is 0 Å². The molecule has 0 rings (SSSR count). The smallest absolute Gasteiger partial charge is 0.306 e. The summed E-state index contributed by atoms with van der Waals surface area (Å²) in [6.07, 6.45) is 64.1. The van der Waals surface area contributed by atoms with Gasteiger partial charge in [0.15, 0.2) is 6.10 Å². The number of phosphoric ester groups is 1. The molecular weight excluding hydrogens is 882 g/mol. The number of carbonyl (C=O) groups excluding carboxylic acids is 2. The molecule has 10 heteroatoms. The van der Waals surface area contributed by atoms with Crippen LogP contribution in [0.5, 0.6) is 0 Å². The van der Waals surface area contributed by atoms with E-state index in [4.69, 9.17) is 18.5 Å². The lowest BCUT2D eigenvalue weighted by atomic mass is 10.0. The lowest BCUT2D eigenvalue weighted by molar-refractivity contribution is -0.870. The minimum atomic E-state index is -4.63. The van der Waals surface area contributed by atoms with Crippen molar-refractivity contribution in [3.63, 3.8) is 0 Å². The van der Waals surface area contributed by atoms with Crippen LogP contribution in [0.25, 0.3) is 0 Å². The summed E-state index contributed by atoms with van der Waals surface area (Å²) in [7, 11) is 1.17. The topological polar surface area (TPSA) is 111 Å². The van der Waals surface area contributed by atoms with E-state index in [0.717, 1.165) is 70.6 Å². The number of carbonyl (C=O) groups is 2. The number of unbranched alkanes of at least 4 members (excludes halogenated alkanes) is 28. The minimum absolute atomic E-state index is 0.0302. The van der Waals surface area contributed by atoms with Gasteiger partial charge >= 0.3 is 11.9 Å². The van der Waals surface area contributed by atoms with Crippen molar-refractivity contribution in [3.8, 4) is 0 Å². The predicted molar refractivity (Wildman–Crippen MR) is 291 cm³/mol. The third kappa shape index (κ3) is 54.9. The van der Waals surface area contributed by atoms with Crippen LogP contribution in [0.4, 0.5) is 0 Å². The number of hydrogen-bond donors (Lipinski definition) is 0. The van der Waals surface area contributed by atoms with Crippen LogP contribution in [-0.4, -0.2) is 70.0 Å². The van der Waals surface area contributed by atoms with Crippen molar-refractivity contribution in [3.05, 3.63) is 60.8 Å². The average molecular weight is 990 g/mol. The van der Waals surface area contributed by atoms with Crippen LogP contribution >= 0.6 is 7.82 Å². The molecule has 0 saturated carbocycles. The Morgan fingerprint density at radius 2 is 0.826 bits per heavy atom. The van der Waals surface area contributed by atoms with Crippen molar-refractivity contribution in [2.45, 2.75) is 258 Å². The highest BCUT2D eigenvalue weighted by atomic mass is 31.2. The van der Waals surface area contributed by atoms with Crippen LogP contribution in [-0.2, 0) is 32.7 Å². The van der Waals surface area contributed by atoms with Crippen LogP contribution in [0.2, 0.25) is 0 Å². The number of esters is 2. The molecule has 0 bridgehead atoms. The highest BCUT2D eigenvalue weighted by Gasteiger charge is 2.22. The van der Waals surface area contributed by atoms with Crippen molar-refractivity contribution in [2.75, 3.05) is 47.5 Å². The highest BCUT2D eigenvalue weighted by molar-refractivity contribution is 7.45. The third-order valence-electron chi connectivity index (χ3n) is 12.3. The molecule has 9 nitrogen and oxygen atoms in total. The van der Waals surface area contributed by atoms with E-state index >= 15 is 0 Å². The second kappa shape index (κ2) is 50.6. The summed E-state index contributed by atoms with van der Waals surface area (Å²) in [6, 6.07) is 0. The van der Waals surface area contributed by atoms with Crippen LogP contribution in [0.15, 0.2) is 60.8 Å². The summed E-state index contributed by atoms with van der Waals surface area (Å²) in [5.41, 5.74) is 0. The van der Waals surface area contributed by atoms with Crippen LogP contribution < -0.4 is 4.89 Å². The molecule has 0 amide bonds. The molecule has 0 heterocycles. The van der Waals surface area contributed by atoms with E-state index in [0.29, 0.717) is 17.4 Å². The van der Waals surface area contributed by atoms with E-state index in [2.05, 4.69) is 74.6 Å². The molecule has 0 aliphatic rings. The zero-order valence-electron chi connectivity index (χ0n) is 45.5. The lowest BCUT2D eigenvalue weighted by Crippen LogP contribution is -2.37. The van der Waals surface area contributed by atoms with Gasteiger partial charge in [0.1, 0.15) is 19.8 Å². The monoisotopic (exact) mass is 990 g/mol. The molecule has 2 unspecified atom stereocenters. The Hall–Kier alpha value is -2.29. The van der Waals surface area contributed by atoms with Crippen molar-refractivity contribution in [2.24, 2.45) is 0 Å². The Bertz CT molecular complexity index is 1350. The van der Waals surface area contributed by atoms with Gasteiger partial charge in [-0.3, -0.25) is 14.2 Å². The summed E-state index contributed by atoms with van der Waals surface area (Å²) < 4.78 is 34.1. The molecule has 2 atom stereocenters. The van der Waals surface area contributed by atoms with Gasteiger partial charge in [-0.2, -0.15) is 0 Å². The summed E-state index contributed by atoms with van der Waals surface area (Å²) in [6.45, 7) is 4.15. The summed E-state index contributed by atoms with van der Waals surface area (Å²) >= 11 is 0. The van der Waals surface area contributed by atoms with E-state index < -0.39 is 26.5 Å². The molecule has 402 valence electrons. The molecule has 0 fully saturated rings. The third-order valence-corrected chi connectivity index (χ3v) is 13.3. The Labute approximate surface area is 426 Å². The SMILES string of the molecule is CC/C=C\C/C=C\C/C=C\C/C=C\C/C=C\CCCCCCCCCCCCCCCCCC(=O)OC(COC(=O)CCCCCCCCCCCCCCCC)COP(=O)([O-])OCC[N+](C)(C)C.